The Morgan fingerprint density at radius 1 is 1.26 bits per heavy atom. The molecule has 31 heavy (non-hydrogen) atoms. The molecule has 2 aromatic carbocycles. The van der Waals surface area contributed by atoms with E-state index >= 15 is 0 Å². The number of rotatable bonds is 8. The Balaban J connectivity index is 1.54. The van der Waals surface area contributed by atoms with Gasteiger partial charge in [0, 0.05) is 36.8 Å². The maximum Gasteiger partial charge on any atom is 0.273 e. The van der Waals surface area contributed by atoms with Crippen molar-refractivity contribution in [3.63, 3.8) is 0 Å². The number of nitrogens with zero attached hydrogens (tertiary/aromatic N) is 2. The van der Waals surface area contributed by atoms with E-state index in [1.807, 2.05) is 18.2 Å². The van der Waals surface area contributed by atoms with Crippen LogP contribution in [0.25, 0.3) is 0 Å². The highest BCUT2D eigenvalue weighted by Crippen LogP contribution is 2.25. The van der Waals surface area contributed by atoms with Gasteiger partial charge in [-0.05, 0) is 49.1 Å². The van der Waals surface area contributed by atoms with Gasteiger partial charge in [-0.3, -0.25) is 14.9 Å². The quantitative estimate of drug-likeness (QED) is 0.377. The number of ether oxygens (including phenoxy) is 1. The van der Waals surface area contributed by atoms with Crippen LogP contribution in [0.15, 0.2) is 36.4 Å². The molecular weight excluding hydrogens is 422 g/mol. The highest BCUT2D eigenvalue weighted by atomic mass is 32.2. The average molecular weight is 448 g/mol. The molecule has 0 spiro atoms. The fraction of sp³-hybridized carbons (Fsp3) is 0.381. The Morgan fingerprint density at radius 2 is 2.03 bits per heavy atom. The van der Waals surface area contributed by atoms with Gasteiger partial charge in [-0.25, -0.2) is 8.42 Å². The van der Waals surface area contributed by atoms with E-state index in [9.17, 15) is 23.3 Å². The standard InChI is InChI=1S/C21H25N3O6S/c1-15-19(5-3-6-20(15)24(26)27)21(25)22-10-4-12-31(28,29)23-11-9-16-13-18(30-2)8-7-17(16)14-23/h3,5-8,13H,4,9-12,14H2,1-2H3,(H,22,25). The first-order valence-electron chi connectivity index (χ1n) is 9.89. The van der Waals surface area contributed by atoms with E-state index in [4.69, 9.17) is 4.74 Å². The molecule has 0 atom stereocenters. The monoisotopic (exact) mass is 447 g/mol. The maximum absolute atomic E-state index is 12.7. The number of fused-ring (bicyclic) bond motifs is 1. The minimum Gasteiger partial charge on any atom is -0.497 e. The van der Waals surface area contributed by atoms with Crippen LogP contribution in [0.3, 0.4) is 0 Å². The minimum absolute atomic E-state index is 0.0906. The van der Waals surface area contributed by atoms with Gasteiger partial charge in [0.1, 0.15) is 5.75 Å². The lowest BCUT2D eigenvalue weighted by atomic mass is 10.0. The molecule has 1 heterocycles. The predicted molar refractivity (Wildman–Crippen MR) is 116 cm³/mol. The Morgan fingerprint density at radius 3 is 2.74 bits per heavy atom. The number of nitro benzene ring substituents is 1. The first kappa shape index (κ1) is 22.7. The van der Waals surface area contributed by atoms with E-state index in [0.717, 1.165) is 16.9 Å². The Kier molecular flexibility index (Phi) is 6.91. The summed E-state index contributed by atoms with van der Waals surface area (Å²) in [5.41, 5.74) is 2.41. The average Bonchev–Trinajstić information content (AvgIpc) is 2.75. The molecule has 10 heteroatoms. The summed E-state index contributed by atoms with van der Waals surface area (Å²) >= 11 is 0. The van der Waals surface area contributed by atoms with Crippen molar-refractivity contribution in [2.75, 3.05) is 26.0 Å². The van der Waals surface area contributed by atoms with Gasteiger partial charge in [0.2, 0.25) is 10.0 Å². The van der Waals surface area contributed by atoms with Crippen molar-refractivity contribution in [1.82, 2.24) is 9.62 Å². The summed E-state index contributed by atoms with van der Waals surface area (Å²) in [6.07, 6.45) is 0.864. The molecule has 1 amide bonds. The molecule has 0 aromatic heterocycles. The largest absolute Gasteiger partial charge is 0.497 e. The van der Waals surface area contributed by atoms with Crippen molar-refractivity contribution in [1.29, 1.82) is 0 Å². The van der Waals surface area contributed by atoms with Gasteiger partial charge < -0.3 is 10.1 Å². The van der Waals surface area contributed by atoms with Crippen LogP contribution in [0.4, 0.5) is 5.69 Å². The van der Waals surface area contributed by atoms with Crippen molar-refractivity contribution < 1.29 is 22.9 Å². The van der Waals surface area contributed by atoms with Gasteiger partial charge in [-0.15, -0.1) is 0 Å². The molecule has 166 valence electrons. The minimum atomic E-state index is -3.47. The van der Waals surface area contributed by atoms with E-state index in [1.54, 1.807) is 7.11 Å². The maximum atomic E-state index is 12.7. The zero-order valence-electron chi connectivity index (χ0n) is 17.5. The summed E-state index contributed by atoms with van der Waals surface area (Å²) in [5, 5.41) is 13.7. The molecule has 1 N–H and O–H groups in total. The van der Waals surface area contributed by atoms with Crippen LogP contribution < -0.4 is 10.1 Å². The highest BCUT2D eigenvalue weighted by Gasteiger charge is 2.26. The van der Waals surface area contributed by atoms with Crippen LogP contribution in [0.2, 0.25) is 0 Å². The third-order valence-electron chi connectivity index (χ3n) is 5.40. The molecular formula is C21H25N3O6S. The molecule has 0 aliphatic carbocycles. The molecule has 0 saturated carbocycles. The summed E-state index contributed by atoms with van der Waals surface area (Å²) in [5.74, 6) is 0.205. The number of methoxy groups -OCH3 is 1. The molecule has 1 aliphatic rings. The summed E-state index contributed by atoms with van der Waals surface area (Å²) in [4.78, 5) is 22.8. The van der Waals surface area contributed by atoms with Crippen LogP contribution >= 0.6 is 0 Å². The molecule has 3 rings (SSSR count). The lowest BCUT2D eigenvalue weighted by molar-refractivity contribution is -0.385. The van der Waals surface area contributed by atoms with Crippen LogP contribution in [0.5, 0.6) is 5.75 Å². The summed E-state index contributed by atoms with van der Waals surface area (Å²) in [7, 11) is -1.87. The van der Waals surface area contributed by atoms with Crippen LogP contribution in [0, 0.1) is 17.0 Å². The van der Waals surface area contributed by atoms with Crippen LogP contribution in [-0.2, 0) is 23.0 Å². The Bertz CT molecular complexity index is 1100. The topological polar surface area (TPSA) is 119 Å². The second-order valence-electron chi connectivity index (χ2n) is 7.35. The van der Waals surface area contributed by atoms with Crippen LogP contribution in [-0.4, -0.2) is 49.5 Å². The van der Waals surface area contributed by atoms with Gasteiger partial charge in [-0.2, -0.15) is 4.31 Å². The molecule has 1 aliphatic heterocycles. The Hall–Kier alpha value is -2.98. The smallest absolute Gasteiger partial charge is 0.273 e. The van der Waals surface area contributed by atoms with E-state index in [-0.39, 0.29) is 35.5 Å². The number of benzene rings is 2. The highest BCUT2D eigenvalue weighted by molar-refractivity contribution is 7.89. The number of carbonyl (C=O) groups is 1. The molecule has 2 aromatic rings. The van der Waals surface area contributed by atoms with Gasteiger partial charge in [0.05, 0.1) is 17.8 Å². The third kappa shape index (κ3) is 5.20. The van der Waals surface area contributed by atoms with E-state index in [0.29, 0.717) is 19.5 Å². The fourth-order valence-electron chi connectivity index (χ4n) is 3.62. The molecule has 0 radical (unpaired) electrons. The number of nitro groups is 1. The number of sulfonamides is 1. The normalized spacial score (nSPS) is 14.0. The van der Waals surface area contributed by atoms with E-state index in [1.165, 1.54) is 29.4 Å². The zero-order valence-corrected chi connectivity index (χ0v) is 18.3. The fourth-order valence-corrected chi connectivity index (χ4v) is 5.09. The van der Waals surface area contributed by atoms with Gasteiger partial charge in [0.15, 0.2) is 0 Å². The SMILES string of the molecule is COc1ccc2c(c1)CCN(S(=O)(=O)CCCNC(=O)c1cccc([N+](=O)[O-])c1C)C2. The van der Waals surface area contributed by atoms with Crippen molar-refractivity contribution in [3.05, 3.63) is 68.8 Å². The Labute approximate surface area is 181 Å². The second-order valence-corrected chi connectivity index (χ2v) is 9.44. The number of amides is 1. The lowest BCUT2D eigenvalue weighted by Gasteiger charge is -2.28. The van der Waals surface area contributed by atoms with Gasteiger partial charge >= 0.3 is 0 Å². The number of hydrogen-bond donors (Lipinski definition) is 1. The van der Waals surface area contributed by atoms with E-state index in [2.05, 4.69) is 5.32 Å². The van der Waals surface area contributed by atoms with Crippen molar-refractivity contribution >= 4 is 21.6 Å². The zero-order chi connectivity index (χ0) is 22.6. The van der Waals surface area contributed by atoms with Crippen molar-refractivity contribution in [2.45, 2.75) is 26.3 Å². The van der Waals surface area contributed by atoms with Crippen molar-refractivity contribution in [2.24, 2.45) is 0 Å². The predicted octanol–water partition coefficient (Wildman–Crippen LogP) is 2.42. The molecule has 0 unspecified atom stereocenters. The number of hydrogen-bond acceptors (Lipinski definition) is 6. The van der Waals surface area contributed by atoms with Gasteiger partial charge in [0.25, 0.3) is 11.6 Å². The first-order chi connectivity index (χ1) is 14.7. The number of carbonyl (C=O) groups excluding carboxylic acids is 1. The first-order valence-corrected chi connectivity index (χ1v) is 11.5. The van der Waals surface area contributed by atoms with Gasteiger partial charge in [-0.1, -0.05) is 12.1 Å². The van der Waals surface area contributed by atoms with E-state index < -0.39 is 20.9 Å². The molecule has 0 bridgehead atoms. The lowest BCUT2D eigenvalue weighted by Crippen LogP contribution is -2.38. The summed E-state index contributed by atoms with van der Waals surface area (Å²) in [6.45, 7) is 2.39. The second kappa shape index (κ2) is 9.44. The third-order valence-corrected chi connectivity index (χ3v) is 7.30. The van der Waals surface area contributed by atoms with Crippen molar-refractivity contribution in [3.8, 4) is 5.75 Å². The molecule has 9 nitrogen and oxygen atoms in total. The summed E-state index contributed by atoms with van der Waals surface area (Å²) < 4.78 is 32.1. The molecule has 0 fully saturated rings. The number of nitrogens with one attached hydrogen (secondary N) is 1. The molecule has 0 saturated heterocycles. The summed E-state index contributed by atoms with van der Waals surface area (Å²) in [6, 6.07) is 9.94. The van der Waals surface area contributed by atoms with Crippen LogP contribution in [0.1, 0.15) is 33.5 Å².